The zero-order valence-electron chi connectivity index (χ0n) is 22.5. The lowest BCUT2D eigenvalue weighted by atomic mass is 10.0. The fraction of sp³-hybridized carbons (Fsp3) is 0.310. The van der Waals surface area contributed by atoms with Crippen LogP contribution in [-0.2, 0) is 32.6 Å². The lowest BCUT2D eigenvalue weighted by Crippen LogP contribution is -2.53. The highest BCUT2D eigenvalue weighted by atomic mass is 35.5. The van der Waals surface area contributed by atoms with Gasteiger partial charge in [-0.1, -0.05) is 54.1 Å². The third-order valence-electron chi connectivity index (χ3n) is 6.07. The van der Waals surface area contributed by atoms with Crippen LogP contribution in [0.5, 0.6) is 5.75 Å². The number of carbonyl (C=O) groups is 2. The maximum Gasteiger partial charge on any atom is 0.243 e. The molecule has 8 nitrogen and oxygen atoms in total. The Morgan fingerprint density at radius 1 is 0.949 bits per heavy atom. The Labute approximate surface area is 235 Å². The molecule has 0 heterocycles. The number of benzene rings is 3. The fourth-order valence-electron chi connectivity index (χ4n) is 4.05. The summed E-state index contributed by atoms with van der Waals surface area (Å²) in [6.45, 7) is 3.30. The summed E-state index contributed by atoms with van der Waals surface area (Å²) in [5.74, 6) is -0.236. The van der Waals surface area contributed by atoms with E-state index in [2.05, 4.69) is 5.32 Å². The average Bonchev–Trinajstić information content (AvgIpc) is 2.91. The maximum atomic E-state index is 13.9. The molecule has 0 radical (unpaired) electrons. The van der Waals surface area contributed by atoms with Gasteiger partial charge in [0.2, 0.25) is 21.8 Å². The molecule has 3 aromatic carbocycles. The van der Waals surface area contributed by atoms with Crippen LogP contribution in [0.15, 0.2) is 83.8 Å². The smallest absolute Gasteiger partial charge is 0.243 e. The number of nitrogens with zero attached hydrogens (tertiary/aromatic N) is 2. The Morgan fingerprint density at radius 2 is 1.59 bits per heavy atom. The van der Waals surface area contributed by atoms with Gasteiger partial charge < -0.3 is 15.0 Å². The first-order valence-corrected chi connectivity index (χ1v) is 14.3. The minimum atomic E-state index is -3.99. The van der Waals surface area contributed by atoms with Crippen LogP contribution < -0.4 is 10.1 Å². The first-order chi connectivity index (χ1) is 18.5. The quantitative estimate of drug-likeness (QED) is 0.353. The van der Waals surface area contributed by atoms with Crippen molar-refractivity contribution in [2.75, 3.05) is 20.7 Å². The summed E-state index contributed by atoms with van der Waals surface area (Å²) in [7, 11) is -1.10. The van der Waals surface area contributed by atoms with Crippen molar-refractivity contribution < 1.29 is 22.7 Å². The molecule has 208 valence electrons. The summed E-state index contributed by atoms with van der Waals surface area (Å²) in [6, 6.07) is 21.3. The monoisotopic (exact) mass is 571 g/mol. The van der Waals surface area contributed by atoms with Gasteiger partial charge in [0, 0.05) is 31.1 Å². The number of hydrogen-bond donors (Lipinski definition) is 1. The molecule has 0 saturated heterocycles. The lowest BCUT2D eigenvalue weighted by Gasteiger charge is -2.33. The van der Waals surface area contributed by atoms with E-state index in [0.717, 1.165) is 15.4 Å². The van der Waals surface area contributed by atoms with Crippen molar-refractivity contribution in [3.63, 3.8) is 0 Å². The number of ether oxygens (including phenoxy) is 1. The largest absolute Gasteiger partial charge is 0.497 e. The maximum absolute atomic E-state index is 13.9. The Bertz CT molecular complexity index is 1370. The van der Waals surface area contributed by atoms with E-state index in [-0.39, 0.29) is 29.8 Å². The Balaban J connectivity index is 1.98. The molecule has 0 spiro atoms. The molecule has 2 amide bonds. The van der Waals surface area contributed by atoms with Crippen LogP contribution in [-0.4, -0.2) is 62.2 Å². The number of amides is 2. The van der Waals surface area contributed by atoms with E-state index in [1.807, 2.05) is 50.2 Å². The zero-order chi connectivity index (χ0) is 28.6. The number of carbonyl (C=O) groups excluding carboxylic acids is 2. The van der Waals surface area contributed by atoms with Crippen LogP contribution in [0, 0.1) is 0 Å². The predicted molar refractivity (Wildman–Crippen MR) is 152 cm³/mol. The fourth-order valence-corrected chi connectivity index (χ4v) is 5.30. The van der Waals surface area contributed by atoms with Crippen molar-refractivity contribution in [3.8, 4) is 5.75 Å². The molecular formula is C29H34ClN3O5S. The highest BCUT2D eigenvalue weighted by Gasteiger charge is 2.33. The lowest BCUT2D eigenvalue weighted by molar-refractivity contribution is -0.141. The van der Waals surface area contributed by atoms with E-state index >= 15 is 0 Å². The number of rotatable bonds is 12. The highest BCUT2D eigenvalue weighted by molar-refractivity contribution is 7.89. The first kappa shape index (κ1) is 30.1. The molecule has 0 saturated carbocycles. The second-order valence-corrected chi connectivity index (χ2v) is 11.9. The van der Waals surface area contributed by atoms with E-state index in [1.165, 1.54) is 36.2 Å². The van der Waals surface area contributed by atoms with Crippen molar-refractivity contribution >= 4 is 33.4 Å². The number of methoxy groups -OCH3 is 1. The molecule has 0 fully saturated rings. The van der Waals surface area contributed by atoms with Crippen LogP contribution in [0.2, 0.25) is 5.02 Å². The van der Waals surface area contributed by atoms with Gasteiger partial charge >= 0.3 is 0 Å². The summed E-state index contributed by atoms with van der Waals surface area (Å²) in [5.41, 5.74) is 1.60. The molecule has 0 aliphatic rings. The van der Waals surface area contributed by atoms with Gasteiger partial charge in [0.15, 0.2) is 0 Å². The van der Waals surface area contributed by atoms with Gasteiger partial charge in [0.25, 0.3) is 0 Å². The third kappa shape index (κ3) is 8.29. The SMILES string of the molecule is COc1cccc(CN(C(=O)CN(C)S(=O)(=O)c2ccc(Cl)cc2)[C@H](Cc2ccccc2)C(=O)NC(C)C)c1. The van der Waals surface area contributed by atoms with Gasteiger partial charge in [-0.3, -0.25) is 9.59 Å². The molecule has 1 atom stereocenters. The van der Waals surface area contributed by atoms with Gasteiger partial charge in [-0.25, -0.2) is 8.42 Å². The van der Waals surface area contributed by atoms with Crippen molar-refractivity contribution in [1.82, 2.24) is 14.5 Å². The summed E-state index contributed by atoms with van der Waals surface area (Å²) in [4.78, 5) is 28.8. The first-order valence-electron chi connectivity index (χ1n) is 12.5. The summed E-state index contributed by atoms with van der Waals surface area (Å²) in [5, 5.41) is 3.32. The normalized spacial score (nSPS) is 12.3. The van der Waals surface area contributed by atoms with Crippen molar-refractivity contribution in [2.45, 2.75) is 43.8 Å². The topological polar surface area (TPSA) is 96.0 Å². The van der Waals surface area contributed by atoms with E-state index in [9.17, 15) is 18.0 Å². The molecule has 10 heteroatoms. The summed E-state index contributed by atoms with van der Waals surface area (Å²) >= 11 is 5.92. The van der Waals surface area contributed by atoms with E-state index in [4.69, 9.17) is 16.3 Å². The zero-order valence-corrected chi connectivity index (χ0v) is 24.1. The standard InChI is InChI=1S/C29H34ClN3O5S/c1-21(2)31-29(35)27(18-22-9-6-5-7-10-22)33(19-23-11-8-12-25(17-23)38-4)28(34)20-32(3)39(36,37)26-15-13-24(30)14-16-26/h5-17,21,27H,18-20H2,1-4H3,(H,31,35)/t27-/m1/s1. The van der Waals surface area contributed by atoms with Gasteiger partial charge in [-0.15, -0.1) is 0 Å². The van der Waals surface area contributed by atoms with E-state index < -0.39 is 28.5 Å². The van der Waals surface area contributed by atoms with Gasteiger partial charge in [-0.05, 0) is 61.4 Å². The number of likely N-dealkylation sites (N-methyl/N-ethyl adjacent to an activating group) is 1. The Kier molecular flexibility index (Phi) is 10.5. The highest BCUT2D eigenvalue weighted by Crippen LogP contribution is 2.21. The van der Waals surface area contributed by atoms with Crippen LogP contribution in [0.1, 0.15) is 25.0 Å². The molecule has 0 unspecified atom stereocenters. The molecule has 1 N–H and O–H groups in total. The molecular weight excluding hydrogens is 538 g/mol. The molecule has 0 aliphatic heterocycles. The predicted octanol–water partition coefficient (Wildman–Crippen LogP) is 4.13. The number of hydrogen-bond acceptors (Lipinski definition) is 5. The van der Waals surface area contributed by atoms with E-state index in [1.54, 1.807) is 25.3 Å². The number of nitrogens with one attached hydrogen (secondary N) is 1. The molecule has 0 bridgehead atoms. The average molecular weight is 572 g/mol. The van der Waals surface area contributed by atoms with Gasteiger partial charge in [0.1, 0.15) is 11.8 Å². The second kappa shape index (κ2) is 13.6. The minimum Gasteiger partial charge on any atom is -0.497 e. The van der Waals surface area contributed by atoms with E-state index in [0.29, 0.717) is 10.8 Å². The number of sulfonamides is 1. The van der Waals surface area contributed by atoms with Gasteiger partial charge in [-0.2, -0.15) is 4.31 Å². The molecule has 3 aromatic rings. The summed E-state index contributed by atoms with van der Waals surface area (Å²) in [6.07, 6.45) is 0.253. The van der Waals surface area contributed by atoms with Crippen molar-refractivity contribution in [3.05, 3.63) is 95.0 Å². The van der Waals surface area contributed by atoms with Crippen LogP contribution >= 0.6 is 11.6 Å². The molecule has 0 aliphatic carbocycles. The van der Waals surface area contributed by atoms with Crippen molar-refractivity contribution in [2.24, 2.45) is 0 Å². The van der Waals surface area contributed by atoms with Gasteiger partial charge in [0.05, 0.1) is 18.6 Å². The van der Waals surface area contributed by atoms with Crippen LogP contribution in [0.4, 0.5) is 0 Å². The minimum absolute atomic E-state index is 0.0138. The second-order valence-electron chi connectivity index (χ2n) is 9.46. The molecule has 0 aromatic heterocycles. The van der Waals surface area contributed by atoms with Crippen LogP contribution in [0.3, 0.4) is 0 Å². The third-order valence-corrected chi connectivity index (χ3v) is 8.14. The van der Waals surface area contributed by atoms with Crippen LogP contribution in [0.25, 0.3) is 0 Å². The molecule has 3 rings (SSSR count). The molecule has 39 heavy (non-hydrogen) atoms. The Hall–Kier alpha value is -3.40. The Morgan fingerprint density at radius 3 is 2.21 bits per heavy atom. The van der Waals surface area contributed by atoms with Crippen molar-refractivity contribution in [1.29, 1.82) is 0 Å². The number of halogens is 1. The summed E-state index contributed by atoms with van der Waals surface area (Å²) < 4.78 is 32.7.